The van der Waals surface area contributed by atoms with Crippen molar-refractivity contribution in [3.63, 3.8) is 0 Å². The van der Waals surface area contributed by atoms with Crippen molar-refractivity contribution in [3.05, 3.63) is 23.8 Å². The number of rotatable bonds is 5. The second-order valence-electron chi connectivity index (χ2n) is 8.18. The highest BCUT2D eigenvalue weighted by molar-refractivity contribution is 5.78. The van der Waals surface area contributed by atoms with Crippen LogP contribution in [0, 0.1) is 12.3 Å². The Bertz CT molecular complexity index is 676. The minimum atomic E-state index is -0.0161. The van der Waals surface area contributed by atoms with Gasteiger partial charge in [0.1, 0.15) is 6.61 Å². The summed E-state index contributed by atoms with van der Waals surface area (Å²) in [6, 6.07) is 0. The van der Waals surface area contributed by atoms with Crippen LogP contribution >= 0.6 is 0 Å². The minimum Gasteiger partial charge on any atom is -0.369 e. The standard InChI is InChI=1S/C20H30N4O3/c1-15(2)27-12-19(26)23-8-4-6-20(13-23)7-5-18(25)24(14-20)11-17-10-21-16(3)9-22-17/h9-10,15H,4-8,11-14H2,1-3H3/t20-/m0/s1. The molecule has 0 unspecified atom stereocenters. The number of carbonyl (C=O) groups excluding carboxylic acids is 2. The summed E-state index contributed by atoms with van der Waals surface area (Å²) in [4.78, 5) is 37.4. The summed E-state index contributed by atoms with van der Waals surface area (Å²) in [5, 5.41) is 0. The van der Waals surface area contributed by atoms with E-state index in [0.717, 1.165) is 37.2 Å². The first-order chi connectivity index (χ1) is 12.9. The van der Waals surface area contributed by atoms with Crippen molar-refractivity contribution in [2.24, 2.45) is 5.41 Å². The van der Waals surface area contributed by atoms with E-state index in [2.05, 4.69) is 9.97 Å². The van der Waals surface area contributed by atoms with Crippen molar-refractivity contribution in [1.82, 2.24) is 19.8 Å². The van der Waals surface area contributed by atoms with Gasteiger partial charge in [-0.3, -0.25) is 19.6 Å². The van der Waals surface area contributed by atoms with Crippen LogP contribution in [-0.2, 0) is 20.9 Å². The molecule has 27 heavy (non-hydrogen) atoms. The zero-order valence-corrected chi connectivity index (χ0v) is 16.6. The van der Waals surface area contributed by atoms with E-state index in [0.29, 0.717) is 26.1 Å². The van der Waals surface area contributed by atoms with Gasteiger partial charge in [0.25, 0.3) is 0 Å². The molecule has 0 aliphatic carbocycles. The SMILES string of the molecule is Cc1cnc(CN2C[C@@]3(CCCN(C(=O)COC(C)C)C3)CCC2=O)cn1. The second kappa shape index (κ2) is 8.33. The number of amides is 2. The lowest BCUT2D eigenvalue weighted by Gasteiger charge is -2.48. The molecule has 1 aromatic rings. The topological polar surface area (TPSA) is 75.6 Å². The quantitative estimate of drug-likeness (QED) is 0.787. The van der Waals surface area contributed by atoms with Gasteiger partial charge in [-0.2, -0.15) is 0 Å². The van der Waals surface area contributed by atoms with Crippen LogP contribution in [0.15, 0.2) is 12.4 Å². The average molecular weight is 374 g/mol. The Balaban J connectivity index is 1.65. The van der Waals surface area contributed by atoms with Gasteiger partial charge in [-0.1, -0.05) is 0 Å². The largest absolute Gasteiger partial charge is 0.369 e. The summed E-state index contributed by atoms with van der Waals surface area (Å²) in [7, 11) is 0. The lowest BCUT2D eigenvalue weighted by Crippen LogP contribution is -2.55. The molecule has 1 atom stereocenters. The molecule has 2 fully saturated rings. The Morgan fingerprint density at radius 2 is 2.07 bits per heavy atom. The van der Waals surface area contributed by atoms with Crippen LogP contribution in [0.1, 0.15) is 50.9 Å². The molecule has 2 amide bonds. The van der Waals surface area contributed by atoms with Gasteiger partial charge >= 0.3 is 0 Å². The maximum Gasteiger partial charge on any atom is 0.248 e. The van der Waals surface area contributed by atoms with Gasteiger partial charge in [0, 0.05) is 37.7 Å². The zero-order chi connectivity index (χ0) is 19.4. The molecule has 2 aliphatic rings. The van der Waals surface area contributed by atoms with E-state index in [1.54, 1.807) is 12.4 Å². The highest BCUT2D eigenvalue weighted by atomic mass is 16.5. The molecule has 0 radical (unpaired) electrons. The van der Waals surface area contributed by atoms with Crippen molar-refractivity contribution < 1.29 is 14.3 Å². The van der Waals surface area contributed by atoms with E-state index < -0.39 is 0 Å². The fourth-order valence-corrected chi connectivity index (χ4v) is 4.03. The number of ether oxygens (including phenoxy) is 1. The Kier molecular flexibility index (Phi) is 6.09. The summed E-state index contributed by atoms with van der Waals surface area (Å²) in [5.74, 6) is 0.213. The van der Waals surface area contributed by atoms with Crippen molar-refractivity contribution in [3.8, 4) is 0 Å². The highest BCUT2D eigenvalue weighted by Crippen LogP contribution is 2.39. The summed E-state index contributed by atoms with van der Waals surface area (Å²) >= 11 is 0. The van der Waals surface area contributed by atoms with E-state index in [4.69, 9.17) is 4.74 Å². The molecule has 1 spiro atoms. The van der Waals surface area contributed by atoms with Gasteiger partial charge in [-0.15, -0.1) is 0 Å². The predicted octanol–water partition coefficient (Wildman–Crippen LogP) is 1.94. The molecule has 3 heterocycles. The van der Waals surface area contributed by atoms with Gasteiger partial charge in [0.05, 0.1) is 30.2 Å². The van der Waals surface area contributed by atoms with Crippen LogP contribution in [0.3, 0.4) is 0 Å². The van der Waals surface area contributed by atoms with Crippen molar-refractivity contribution in [2.75, 3.05) is 26.2 Å². The van der Waals surface area contributed by atoms with Crippen LogP contribution in [0.4, 0.5) is 0 Å². The van der Waals surface area contributed by atoms with Crippen LogP contribution in [0.25, 0.3) is 0 Å². The number of piperidine rings is 2. The minimum absolute atomic E-state index is 0.0161. The molecule has 1 aromatic heterocycles. The number of hydrogen-bond donors (Lipinski definition) is 0. The summed E-state index contributed by atoms with van der Waals surface area (Å²) in [5.41, 5.74) is 1.66. The second-order valence-corrected chi connectivity index (χ2v) is 8.18. The molecule has 2 aliphatic heterocycles. The molecule has 7 heteroatoms. The molecule has 3 rings (SSSR count). The maximum absolute atomic E-state index is 12.5. The normalized spacial score (nSPS) is 23.3. The van der Waals surface area contributed by atoms with Crippen molar-refractivity contribution in [2.45, 2.75) is 59.1 Å². The molecule has 2 saturated heterocycles. The Hall–Kier alpha value is -2.02. The highest BCUT2D eigenvalue weighted by Gasteiger charge is 2.42. The van der Waals surface area contributed by atoms with Crippen LogP contribution in [0.2, 0.25) is 0 Å². The van der Waals surface area contributed by atoms with E-state index >= 15 is 0 Å². The smallest absolute Gasteiger partial charge is 0.248 e. The molecule has 0 bridgehead atoms. The zero-order valence-electron chi connectivity index (χ0n) is 16.6. The van der Waals surface area contributed by atoms with Gasteiger partial charge in [0.15, 0.2) is 0 Å². The molecule has 7 nitrogen and oxygen atoms in total. The van der Waals surface area contributed by atoms with Crippen molar-refractivity contribution in [1.29, 1.82) is 0 Å². The van der Waals surface area contributed by atoms with Crippen LogP contribution in [0.5, 0.6) is 0 Å². The first-order valence-electron chi connectivity index (χ1n) is 9.82. The molecular weight excluding hydrogens is 344 g/mol. The third-order valence-electron chi connectivity index (χ3n) is 5.49. The number of carbonyl (C=O) groups is 2. The van der Waals surface area contributed by atoms with E-state index in [9.17, 15) is 9.59 Å². The first kappa shape index (κ1) is 19.7. The molecule has 0 aromatic carbocycles. The van der Waals surface area contributed by atoms with Gasteiger partial charge in [-0.25, -0.2) is 0 Å². The van der Waals surface area contributed by atoms with E-state index in [-0.39, 0.29) is 29.9 Å². The van der Waals surface area contributed by atoms with Crippen molar-refractivity contribution >= 4 is 11.8 Å². The summed E-state index contributed by atoms with van der Waals surface area (Å²) in [6.07, 6.45) is 6.91. The number of aryl methyl sites for hydroxylation is 1. The van der Waals surface area contributed by atoms with Gasteiger partial charge in [0.2, 0.25) is 11.8 Å². The molecule has 0 saturated carbocycles. The molecular formula is C20H30N4O3. The Morgan fingerprint density at radius 1 is 1.26 bits per heavy atom. The van der Waals surface area contributed by atoms with Gasteiger partial charge in [-0.05, 0) is 40.0 Å². The average Bonchev–Trinajstić information content (AvgIpc) is 2.65. The number of likely N-dealkylation sites (tertiary alicyclic amines) is 2. The fourth-order valence-electron chi connectivity index (χ4n) is 4.03. The fraction of sp³-hybridized carbons (Fsp3) is 0.700. The third kappa shape index (κ3) is 5.03. The first-order valence-corrected chi connectivity index (χ1v) is 9.82. The number of hydrogen-bond acceptors (Lipinski definition) is 5. The predicted molar refractivity (Wildman–Crippen MR) is 101 cm³/mol. The van der Waals surface area contributed by atoms with E-state index in [1.807, 2.05) is 30.6 Å². The Morgan fingerprint density at radius 3 is 2.78 bits per heavy atom. The molecule has 148 valence electrons. The summed E-state index contributed by atoms with van der Waals surface area (Å²) < 4.78 is 5.49. The number of nitrogens with zero attached hydrogens (tertiary/aromatic N) is 4. The van der Waals surface area contributed by atoms with Crippen LogP contribution in [-0.4, -0.2) is 63.9 Å². The lowest BCUT2D eigenvalue weighted by molar-refractivity contribution is -0.146. The maximum atomic E-state index is 12.5. The number of aromatic nitrogens is 2. The lowest BCUT2D eigenvalue weighted by atomic mass is 9.73. The summed E-state index contributed by atoms with van der Waals surface area (Å²) in [6.45, 7) is 8.54. The van der Waals surface area contributed by atoms with Gasteiger partial charge < -0.3 is 14.5 Å². The monoisotopic (exact) mass is 374 g/mol. The molecule has 0 N–H and O–H groups in total. The Labute approximate surface area is 161 Å². The van der Waals surface area contributed by atoms with E-state index in [1.165, 1.54) is 0 Å². The van der Waals surface area contributed by atoms with Crippen LogP contribution < -0.4 is 0 Å². The third-order valence-corrected chi connectivity index (χ3v) is 5.49.